The highest BCUT2D eigenvalue weighted by Gasteiger charge is 2.30. The third-order valence-corrected chi connectivity index (χ3v) is 20.0. The fraction of sp³-hybridized carbons (Fsp3) is 0.947. The molecular formula is C75H146O17P2. The molecule has 0 aliphatic carbocycles. The van der Waals surface area contributed by atoms with Crippen molar-refractivity contribution >= 4 is 39.5 Å². The number of hydrogen-bond acceptors (Lipinski definition) is 15. The zero-order valence-electron chi connectivity index (χ0n) is 61.4. The largest absolute Gasteiger partial charge is 0.472 e. The number of carbonyl (C=O) groups excluding carboxylic acids is 4. The van der Waals surface area contributed by atoms with Crippen LogP contribution >= 0.6 is 15.6 Å². The second-order valence-electron chi connectivity index (χ2n) is 28.0. The molecule has 0 fully saturated rings. The monoisotopic (exact) mass is 1380 g/mol. The van der Waals surface area contributed by atoms with Gasteiger partial charge < -0.3 is 33.8 Å². The third-order valence-electron chi connectivity index (χ3n) is 18.1. The molecule has 0 radical (unpaired) electrons. The Bertz CT molecular complexity index is 1840. The van der Waals surface area contributed by atoms with Gasteiger partial charge in [0.15, 0.2) is 12.2 Å². The lowest BCUT2D eigenvalue weighted by molar-refractivity contribution is -0.161. The predicted molar refractivity (Wildman–Crippen MR) is 381 cm³/mol. The summed E-state index contributed by atoms with van der Waals surface area (Å²) >= 11 is 0. The summed E-state index contributed by atoms with van der Waals surface area (Å²) in [5, 5.41) is 10.6. The maximum absolute atomic E-state index is 13.1. The van der Waals surface area contributed by atoms with Crippen LogP contribution in [-0.4, -0.2) is 96.7 Å². The summed E-state index contributed by atoms with van der Waals surface area (Å²) in [5.41, 5.74) is 0. The van der Waals surface area contributed by atoms with Crippen LogP contribution in [0.2, 0.25) is 0 Å². The Morgan fingerprint density at radius 1 is 0.309 bits per heavy atom. The number of aliphatic hydroxyl groups is 1. The van der Waals surface area contributed by atoms with E-state index in [1.165, 1.54) is 186 Å². The van der Waals surface area contributed by atoms with Crippen LogP contribution in [0.25, 0.3) is 0 Å². The van der Waals surface area contributed by atoms with E-state index >= 15 is 0 Å². The van der Waals surface area contributed by atoms with Crippen LogP contribution in [0, 0.1) is 17.8 Å². The number of aliphatic hydroxyl groups excluding tert-OH is 1. The fourth-order valence-corrected chi connectivity index (χ4v) is 12.9. The summed E-state index contributed by atoms with van der Waals surface area (Å²) in [6, 6.07) is 0. The molecule has 0 bridgehead atoms. The van der Waals surface area contributed by atoms with E-state index in [1.54, 1.807) is 0 Å². The van der Waals surface area contributed by atoms with Gasteiger partial charge in [-0.3, -0.25) is 37.3 Å². The van der Waals surface area contributed by atoms with E-state index in [1.807, 2.05) is 0 Å². The van der Waals surface area contributed by atoms with Crippen LogP contribution in [0.15, 0.2) is 0 Å². The highest BCUT2D eigenvalue weighted by molar-refractivity contribution is 7.47. The highest BCUT2D eigenvalue weighted by Crippen LogP contribution is 2.45. The van der Waals surface area contributed by atoms with Gasteiger partial charge in [-0.05, 0) is 43.4 Å². The van der Waals surface area contributed by atoms with E-state index < -0.39 is 97.5 Å². The van der Waals surface area contributed by atoms with Crippen molar-refractivity contribution in [3.8, 4) is 0 Å². The number of unbranched alkanes of at least 4 members (excludes halogenated alkanes) is 39. The van der Waals surface area contributed by atoms with E-state index in [9.17, 15) is 43.2 Å². The minimum absolute atomic E-state index is 0.106. The van der Waals surface area contributed by atoms with Crippen molar-refractivity contribution in [1.29, 1.82) is 0 Å². The van der Waals surface area contributed by atoms with Crippen LogP contribution in [0.3, 0.4) is 0 Å². The zero-order valence-corrected chi connectivity index (χ0v) is 63.2. The molecule has 0 aromatic carbocycles. The number of esters is 4. The second kappa shape index (κ2) is 65.7. The van der Waals surface area contributed by atoms with E-state index in [-0.39, 0.29) is 25.7 Å². The lowest BCUT2D eigenvalue weighted by atomic mass is 9.99. The lowest BCUT2D eigenvalue weighted by Crippen LogP contribution is -2.30. The van der Waals surface area contributed by atoms with E-state index in [0.717, 1.165) is 114 Å². The van der Waals surface area contributed by atoms with Crippen molar-refractivity contribution in [2.24, 2.45) is 17.8 Å². The van der Waals surface area contributed by atoms with Gasteiger partial charge in [-0.25, -0.2) is 9.13 Å². The maximum atomic E-state index is 13.1. The molecule has 7 atom stereocenters. The minimum Gasteiger partial charge on any atom is -0.462 e. The first-order valence-electron chi connectivity index (χ1n) is 38.9. The van der Waals surface area contributed by atoms with Crippen LogP contribution in [-0.2, 0) is 65.4 Å². The van der Waals surface area contributed by atoms with Gasteiger partial charge in [-0.15, -0.1) is 0 Å². The van der Waals surface area contributed by atoms with Crippen LogP contribution in [0.1, 0.15) is 382 Å². The Morgan fingerprint density at radius 2 is 0.543 bits per heavy atom. The molecule has 0 aromatic heterocycles. The number of rotatable bonds is 73. The number of carbonyl (C=O) groups is 4. The molecule has 94 heavy (non-hydrogen) atoms. The van der Waals surface area contributed by atoms with Crippen molar-refractivity contribution in [1.82, 2.24) is 0 Å². The van der Waals surface area contributed by atoms with E-state index in [4.69, 9.17) is 37.0 Å². The number of phosphoric ester groups is 2. The lowest BCUT2D eigenvalue weighted by Gasteiger charge is -2.21. The first kappa shape index (κ1) is 92.1. The standard InChI is InChI=1S/C75H146O17P2/c1-8-11-12-13-14-35-42-49-56-72(77)85-62-70(91-75(80)59-52-45-38-31-25-24-28-34-41-48-55-68(7)10-3)64-89-93(81,82)87-60-69(76)61-88-94(83,84)90-65-71(63-86-73(78)57-50-43-36-29-23-19-20-26-32-39-46-53-66(4)5)92-74(79)58-51-44-37-30-22-18-16-15-17-21-27-33-40-47-54-67(6)9-2/h66-71,76H,8-65H2,1-7H3,(H,81,82)(H,83,84)/t67?,68?,69-,70+,71+/m0/s1. The SMILES string of the molecule is CCCCCCCCCCC(=O)OC[C@H](COP(=O)(O)OC[C@H](O)COP(=O)(O)OC[C@@H](COC(=O)CCCCCCCCCCCCCC(C)C)OC(=O)CCCCCCCCCCCCCCCCC(C)CC)OC(=O)CCCCCCCCCCCCC(C)CC. The Morgan fingerprint density at radius 3 is 0.809 bits per heavy atom. The number of ether oxygens (including phenoxy) is 4. The first-order chi connectivity index (χ1) is 45.3. The first-order valence-corrected chi connectivity index (χ1v) is 41.9. The normalized spacial score (nSPS) is 14.7. The Hall–Kier alpha value is -1.94. The van der Waals surface area contributed by atoms with Gasteiger partial charge in [0, 0.05) is 25.7 Å². The van der Waals surface area contributed by atoms with E-state index in [0.29, 0.717) is 25.7 Å². The van der Waals surface area contributed by atoms with Gasteiger partial charge in [-0.1, -0.05) is 331 Å². The van der Waals surface area contributed by atoms with Gasteiger partial charge in [0.05, 0.1) is 26.4 Å². The van der Waals surface area contributed by atoms with Gasteiger partial charge in [-0.2, -0.15) is 0 Å². The zero-order chi connectivity index (χ0) is 69.4. The van der Waals surface area contributed by atoms with Gasteiger partial charge in [0.2, 0.25) is 0 Å². The second-order valence-corrected chi connectivity index (χ2v) is 30.9. The summed E-state index contributed by atoms with van der Waals surface area (Å²) < 4.78 is 68.4. The molecule has 0 aliphatic heterocycles. The molecule has 0 amide bonds. The molecule has 0 aliphatic rings. The summed E-state index contributed by atoms with van der Waals surface area (Å²) in [5.74, 6) is 0.299. The van der Waals surface area contributed by atoms with Crippen LogP contribution in [0.5, 0.6) is 0 Å². The molecule has 19 heteroatoms. The average Bonchev–Trinajstić information content (AvgIpc) is 3.74. The Kier molecular flexibility index (Phi) is 64.3. The minimum atomic E-state index is -4.96. The topological polar surface area (TPSA) is 237 Å². The quantitative estimate of drug-likeness (QED) is 0.0222. The van der Waals surface area contributed by atoms with Gasteiger partial charge in [0.1, 0.15) is 19.3 Å². The maximum Gasteiger partial charge on any atom is 0.472 e. The number of hydrogen-bond donors (Lipinski definition) is 3. The predicted octanol–water partition coefficient (Wildman–Crippen LogP) is 21.8. The average molecular weight is 1380 g/mol. The molecule has 0 rings (SSSR count). The van der Waals surface area contributed by atoms with Crippen molar-refractivity contribution < 1.29 is 80.2 Å². The smallest absolute Gasteiger partial charge is 0.462 e. The molecule has 3 N–H and O–H groups in total. The molecule has 558 valence electrons. The summed E-state index contributed by atoms with van der Waals surface area (Å²) in [6.45, 7) is 11.9. The molecule has 0 saturated heterocycles. The van der Waals surface area contributed by atoms with Crippen LogP contribution < -0.4 is 0 Å². The molecule has 0 aromatic rings. The molecule has 0 heterocycles. The summed E-state index contributed by atoms with van der Waals surface area (Å²) in [6.07, 6.45) is 51.2. The summed E-state index contributed by atoms with van der Waals surface area (Å²) in [7, 11) is -9.91. The fourth-order valence-electron chi connectivity index (χ4n) is 11.4. The van der Waals surface area contributed by atoms with Crippen molar-refractivity contribution in [2.75, 3.05) is 39.6 Å². The third kappa shape index (κ3) is 66.0. The highest BCUT2D eigenvalue weighted by atomic mass is 31.2. The number of phosphoric acid groups is 2. The molecular weight excluding hydrogens is 1230 g/mol. The molecule has 0 saturated carbocycles. The molecule has 0 spiro atoms. The molecule has 4 unspecified atom stereocenters. The Labute approximate surface area is 575 Å². The van der Waals surface area contributed by atoms with Crippen LogP contribution in [0.4, 0.5) is 0 Å². The van der Waals surface area contributed by atoms with Crippen molar-refractivity contribution in [3.63, 3.8) is 0 Å². The Balaban J connectivity index is 5.23. The van der Waals surface area contributed by atoms with Gasteiger partial charge >= 0.3 is 39.5 Å². The van der Waals surface area contributed by atoms with Crippen molar-refractivity contribution in [3.05, 3.63) is 0 Å². The summed E-state index contributed by atoms with van der Waals surface area (Å²) in [4.78, 5) is 72.7. The van der Waals surface area contributed by atoms with Gasteiger partial charge in [0.25, 0.3) is 0 Å². The van der Waals surface area contributed by atoms with Crippen molar-refractivity contribution in [2.45, 2.75) is 401 Å². The van der Waals surface area contributed by atoms with E-state index in [2.05, 4.69) is 48.5 Å². The molecule has 17 nitrogen and oxygen atoms in total.